The van der Waals surface area contributed by atoms with Crippen molar-refractivity contribution in [3.05, 3.63) is 64.6 Å². The molecule has 0 aliphatic rings. The highest BCUT2D eigenvalue weighted by molar-refractivity contribution is 8.00. The van der Waals surface area contributed by atoms with Crippen LogP contribution in [0.25, 0.3) is 11.3 Å². The van der Waals surface area contributed by atoms with Crippen LogP contribution in [0.1, 0.15) is 0 Å². The van der Waals surface area contributed by atoms with Crippen LogP contribution in [0.5, 0.6) is 0 Å². The summed E-state index contributed by atoms with van der Waals surface area (Å²) < 4.78 is 8.42. The molecule has 0 saturated heterocycles. The second-order valence-electron chi connectivity index (χ2n) is 4.22. The molecule has 21 heavy (non-hydrogen) atoms. The Morgan fingerprint density at radius 2 is 1.76 bits per heavy atom. The van der Waals surface area contributed by atoms with Crippen LogP contribution in [0.4, 0.5) is 5.82 Å². The van der Waals surface area contributed by atoms with Gasteiger partial charge >= 0.3 is 0 Å². The first-order chi connectivity index (χ1) is 10.2. The first kappa shape index (κ1) is 14.3. The molecule has 6 heteroatoms. The largest absolute Gasteiger partial charge is 0.354 e. The maximum absolute atomic E-state index is 5.97. The van der Waals surface area contributed by atoms with Gasteiger partial charge in [-0.3, -0.25) is 0 Å². The molecule has 3 aromatic rings. The highest BCUT2D eigenvalue weighted by Gasteiger charge is 2.07. The minimum Gasteiger partial charge on any atom is -0.354 e. The zero-order valence-electron chi connectivity index (χ0n) is 10.7. The number of anilines is 1. The maximum Gasteiger partial charge on any atom is 0.180 e. The van der Waals surface area contributed by atoms with E-state index < -0.39 is 0 Å². The summed E-state index contributed by atoms with van der Waals surface area (Å²) in [5.41, 5.74) is 0.984. The fourth-order valence-electron chi connectivity index (χ4n) is 1.71. The summed E-state index contributed by atoms with van der Waals surface area (Å²) in [4.78, 5) is 0.939. The molecule has 2 aromatic carbocycles. The molecule has 0 atom stereocenters. The van der Waals surface area contributed by atoms with Crippen molar-refractivity contribution in [2.75, 3.05) is 4.72 Å². The van der Waals surface area contributed by atoms with Crippen LogP contribution in [0.15, 0.2) is 64.0 Å². The highest BCUT2D eigenvalue weighted by Crippen LogP contribution is 2.29. The molecule has 0 bridgehead atoms. The van der Waals surface area contributed by atoms with Gasteiger partial charge < -0.3 is 9.25 Å². The van der Waals surface area contributed by atoms with Crippen molar-refractivity contribution in [3.8, 4) is 11.3 Å². The van der Waals surface area contributed by atoms with Gasteiger partial charge in [-0.25, -0.2) is 0 Å². The van der Waals surface area contributed by atoms with Gasteiger partial charge in [-0.1, -0.05) is 58.7 Å². The number of hydrogen-bond acceptors (Lipinski definition) is 4. The van der Waals surface area contributed by atoms with Crippen LogP contribution in [0.3, 0.4) is 0 Å². The van der Waals surface area contributed by atoms with Gasteiger partial charge in [-0.2, -0.15) is 0 Å². The van der Waals surface area contributed by atoms with Crippen molar-refractivity contribution < 1.29 is 4.52 Å². The van der Waals surface area contributed by atoms with Gasteiger partial charge in [0.15, 0.2) is 11.6 Å². The van der Waals surface area contributed by atoms with Crippen LogP contribution in [-0.2, 0) is 0 Å². The van der Waals surface area contributed by atoms with E-state index in [0.29, 0.717) is 21.6 Å². The van der Waals surface area contributed by atoms with Crippen molar-refractivity contribution in [3.63, 3.8) is 0 Å². The molecule has 106 valence electrons. The second-order valence-corrected chi connectivity index (χ2v) is 5.92. The van der Waals surface area contributed by atoms with E-state index in [9.17, 15) is 0 Å². The topological polar surface area (TPSA) is 38.1 Å². The molecule has 0 saturated carbocycles. The number of halogens is 2. The van der Waals surface area contributed by atoms with E-state index >= 15 is 0 Å². The zero-order chi connectivity index (χ0) is 14.7. The SMILES string of the molecule is Clc1ccc(SNc2cc(-c3ccccc3)on2)cc1Cl. The Labute approximate surface area is 136 Å². The van der Waals surface area contributed by atoms with Gasteiger partial charge in [-0.05, 0) is 30.1 Å². The Hall–Kier alpha value is -1.62. The summed E-state index contributed by atoms with van der Waals surface area (Å²) in [6.45, 7) is 0. The lowest BCUT2D eigenvalue weighted by atomic mass is 10.2. The standard InChI is InChI=1S/C15H10Cl2N2OS/c16-12-7-6-11(8-13(12)17)21-19-15-9-14(20-18-15)10-4-2-1-3-5-10/h1-9H,(H,18,19). The van der Waals surface area contributed by atoms with E-state index in [1.807, 2.05) is 42.5 Å². The number of aromatic nitrogens is 1. The molecule has 0 amide bonds. The molecule has 3 nitrogen and oxygen atoms in total. The molecule has 0 aliphatic carbocycles. The first-order valence-electron chi connectivity index (χ1n) is 6.12. The Bertz CT molecular complexity index is 746. The van der Waals surface area contributed by atoms with Gasteiger partial charge in [0.05, 0.1) is 10.0 Å². The van der Waals surface area contributed by atoms with E-state index in [1.165, 1.54) is 11.9 Å². The summed E-state index contributed by atoms with van der Waals surface area (Å²) in [6.07, 6.45) is 0. The molecule has 1 heterocycles. The molecule has 1 N–H and O–H groups in total. The van der Waals surface area contributed by atoms with E-state index in [2.05, 4.69) is 9.88 Å². The van der Waals surface area contributed by atoms with Gasteiger partial charge in [0.25, 0.3) is 0 Å². The van der Waals surface area contributed by atoms with Crippen molar-refractivity contribution >= 4 is 41.0 Å². The zero-order valence-corrected chi connectivity index (χ0v) is 13.0. The minimum atomic E-state index is 0.522. The van der Waals surface area contributed by atoms with Gasteiger partial charge in [0, 0.05) is 16.5 Å². The summed E-state index contributed by atoms with van der Waals surface area (Å²) in [5, 5.41) is 5.04. The van der Waals surface area contributed by atoms with Crippen LogP contribution in [-0.4, -0.2) is 5.16 Å². The minimum absolute atomic E-state index is 0.522. The van der Waals surface area contributed by atoms with E-state index in [1.54, 1.807) is 12.1 Å². The van der Waals surface area contributed by atoms with Crippen LogP contribution >= 0.6 is 35.1 Å². The predicted octanol–water partition coefficient (Wildman–Crippen LogP) is 5.77. The van der Waals surface area contributed by atoms with Crippen molar-refractivity contribution in [1.29, 1.82) is 0 Å². The van der Waals surface area contributed by atoms with Crippen molar-refractivity contribution in [2.24, 2.45) is 0 Å². The number of nitrogens with zero attached hydrogens (tertiary/aromatic N) is 1. The Morgan fingerprint density at radius 3 is 2.52 bits per heavy atom. The Morgan fingerprint density at radius 1 is 0.952 bits per heavy atom. The summed E-state index contributed by atoms with van der Waals surface area (Å²) in [7, 11) is 0. The van der Waals surface area contributed by atoms with E-state index in [4.69, 9.17) is 27.7 Å². The molecule has 0 aliphatic heterocycles. The van der Waals surface area contributed by atoms with Crippen LogP contribution in [0, 0.1) is 0 Å². The molecule has 0 fully saturated rings. The number of nitrogens with one attached hydrogen (secondary N) is 1. The molecular weight excluding hydrogens is 327 g/mol. The Balaban J connectivity index is 1.69. The number of benzene rings is 2. The Kier molecular flexibility index (Phi) is 4.39. The predicted molar refractivity (Wildman–Crippen MR) is 87.9 cm³/mol. The van der Waals surface area contributed by atoms with Gasteiger partial charge in [-0.15, -0.1) is 0 Å². The van der Waals surface area contributed by atoms with Gasteiger partial charge in [0.1, 0.15) is 0 Å². The summed E-state index contributed by atoms with van der Waals surface area (Å²) >= 11 is 13.2. The normalized spacial score (nSPS) is 10.6. The highest BCUT2D eigenvalue weighted by atomic mass is 35.5. The average Bonchev–Trinajstić information content (AvgIpc) is 2.98. The molecule has 1 aromatic heterocycles. The lowest BCUT2D eigenvalue weighted by Gasteiger charge is -2.02. The molecule has 0 spiro atoms. The first-order valence-corrected chi connectivity index (χ1v) is 7.70. The van der Waals surface area contributed by atoms with Gasteiger partial charge in [0.2, 0.25) is 0 Å². The molecule has 0 unspecified atom stereocenters. The van der Waals surface area contributed by atoms with Crippen molar-refractivity contribution in [1.82, 2.24) is 5.16 Å². The van der Waals surface area contributed by atoms with E-state index in [-0.39, 0.29) is 0 Å². The van der Waals surface area contributed by atoms with Crippen LogP contribution in [0.2, 0.25) is 10.0 Å². The lowest BCUT2D eigenvalue weighted by Crippen LogP contribution is -1.86. The molecule has 3 rings (SSSR count). The van der Waals surface area contributed by atoms with Crippen molar-refractivity contribution in [2.45, 2.75) is 4.90 Å². The maximum atomic E-state index is 5.97. The second kappa shape index (κ2) is 6.43. The molecular formula is C15H10Cl2N2OS. The number of rotatable bonds is 4. The third kappa shape index (κ3) is 3.53. The average molecular weight is 337 g/mol. The fourth-order valence-corrected chi connectivity index (χ4v) is 2.71. The third-order valence-electron chi connectivity index (χ3n) is 2.73. The molecule has 0 radical (unpaired) electrons. The van der Waals surface area contributed by atoms with E-state index in [0.717, 1.165) is 10.5 Å². The smallest absolute Gasteiger partial charge is 0.180 e. The number of hydrogen-bond donors (Lipinski definition) is 1. The summed E-state index contributed by atoms with van der Waals surface area (Å²) in [6, 6.07) is 17.1. The quantitative estimate of drug-likeness (QED) is 0.614. The monoisotopic (exact) mass is 336 g/mol. The third-order valence-corrected chi connectivity index (χ3v) is 4.27. The van der Waals surface area contributed by atoms with Crippen LogP contribution < -0.4 is 4.72 Å². The summed E-state index contributed by atoms with van der Waals surface area (Å²) in [5.74, 6) is 1.36. The fraction of sp³-hybridized carbons (Fsp3) is 0. The lowest BCUT2D eigenvalue weighted by molar-refractivity contribution is 0.436.